The number of para-hydroxylation sites is 2. The average molecular weight is 451 g/mol. The van der Waals surface area contributed by atoms with Crippen molar-refractivity contribution < 1.29 is 4.74 Å². The van der Waals surface area contributed by atoms with Crippen LogP contribution in [0.2, 0.25) is 0 Å². The molecule has 6 rings (SSSR count). The van der Waals surface area contributed by atoms with Crippen LogP contribution >= 0.6 is 11.3 Å². The van der Waals surface area contributed by atoms with Gasteiger partial charge >= 0.3 is 0 Å². The van der Waals surface area contributed by atoms with Crippen molar-refractivity contribution in [2.45, 2.75) is 6.61 Å². The summed E-state index contributed by atoms with van der Waals surface area (Å²) in [6.07, 6.45) is 3.28. The first-order valence-electron chi connectivity index (χ1n) is 10.4. The van der Waals surface area contributed by atoms with Crippen molar-refractivity contribution in [2.75, 3.05) is 0 Å². The van der Waals surface area contributed by atoms with E-state index in [-0.39, 0.29) is 5.49 Å². The van der Waals surface area contributed by atoms with Gasteiger partial charge in [-0.15, -0.1) is 0 Å². The van der Waals surface area contributed by atoms with E-state index in [1.54, 1.807) is 12.5 Å². The molecule has 33 heavy (non-hydrogen) atoms. The molecule has 6 aromatic rings. The van der Waals surface area contributed by atoms with Gasteiger partial charge in [-0.3, -0.25) is 9.81 Å². The first kappa shape index (κ1) is 19.4. The molecular weight excluding hydrogens is 432 g/mol. The van der Waals surface area contributed by atoms with Crippen LogP contribution in [-0.4, -0.2) is 25.3 Å². The molecule has 160 valence electrons. The van der Waals surface area contributed by atoms with Crippen molar-refractivity contribution in [3.63, 3.8) is 0 Å². The lowest BCUT2D eigenvalue weighted by molar-refractivity contribution is 0.306. The van der Waals surface area contributed by atoms with E-state index in [1.807, 2.05) is 83.3 Å². The highest BCUT2D eigenvalue weighted by Crippen LogP contribution is 2.26. The maximum Gasteiger partial charge on any atom is 0.197 e. The Morgan fingerprint density at radius 3 is 2.61 bits per heavy atom. The van der Waals surface area contributed by atoms with Crippen LogP contribution < -0.4 is 10.2 Å². The van der Waals surface area contributed by atoms with E-state index >= 15 is 0 Å². The van der Waals surface area contributed by atoms with Gasteiger partial charge in [0, 0.05) is 0 Å². The average Bonchev–Trinajstić information content (AvgIpc) is 3.40. The Morgan fingerprint density at radius 2 is 1.76 bits per heavy atom. The van der Waals surface area contributed by atoms with E-state index < -0.39 is 0 Å². The van der Waals surface area contributed by atoms with Gasteiger partial charge in [0.05, 0.1) is 17.2 Å². The zero-order valence-corrected chi connectivity index (χ0v) is 18.2. The van der Waals surface area contributed by atoms with E-state index in [0.717, 1.165) is 43.2 Å². The number of ether oxygens (including phenoxy) is 1. The Morgan fingerprint density at radius 1 is 0.970 bits per heavy atom. The fourth-order valence-corrected chi connectivity index (χ4v) is 4.69. The number of nitrogens with one attached hydrogen (secondary N) is 1. The summed E-state index contributed by atoms with van der Waals surface area (Å²) in [6.45, 7) is 0.525. The monoisotopic (exact) mass is 450 g/mol. The molecule has 0 amide bonds. The van der Waals surface area contributed by atoms with Gasteiger partial charge in [0.15, 0.2) is 16.1 Å². The minimum absolute atomic E-state index is 0.277. The van der Waals surface area contributed by atoms with Crippen LogP contribution in [0.5, 0.6) is 5.75 Å². The quantitative estimate of drug-likeness (QED) is 0.382. The number of rotatable bonds is 5. The van der Waals surface area contributed by atoms with Gasteiger partial charge in [-0.25, -0.2) is 14.6 Å². The van der Waals surface area contributed by atoms with E-state index in [2.05, 4.69) is 15.1 Å². The third-order valence-corrected chi connectivity index (χ3v) is 6.37. The molecule has 0 bridgehead atoms. The topological polar surface area (TPSA) is 80.6 Å². The van der Waals surface area contributed by atoms with Gasteiger partial charge in [-0.05, 0) is 47.5 Å². The lowest BCUT2D eigenvalue weighted by atomic mass is 10.2. The highest BCUT2D eigenvalue weighted by Gasteiger charge is 2.14. The van der Waals surface area contributed by atoms with Gasteiger partial charge in [0.2, 0.25) is 0 Å². The van der Waals surface area contributed by atoms with Crippen molar-refractivity contribution in [3.05, 3.63) is 102 Å². The van der Waals surface area contributed by atoms with Crippen LogP contribution in [-0.2, 0) is 6.61 Å². The summed E-state index contributed by atoms with van der Waals surface area (Å²) >= 11 is 1.45. The SMILES string of the molecule is N=c1c2sc3nc4ccccc4n3c2ncn1N=Cc1ccc(OCc2ccccc2)cc1. The molecule has 0 spiro atoms. The van der Waals surface area contributed by atoms with Gasteiger partial charge in [-0.1, -0.05) is 53.8 Å². The highest BCUT2D eigenvalue weighted by molar-refractivity contribution is 7.23. The standard InChI is InChI=1S/C25H18N6OS/c26-23-22-24(31-21-9-5-4-8-20(21)29-25(31)33-22)27-16-30(23)28-14-17-10-12-19(13-11-17)32-15-18-6-2-1-3-7-18/h1-14,16,26H,15H2. The van der Waals surface area contributed by atoms with Crippen LogP contribution in [0.1, 0.15) is 11.1 Å². The highest BCUT2D eigenvalue weighted by atomic mass is 32.1. The van der Waals surface area contributed by atoms with Gasteiger partial charge in [0.1, 0.15) is 23.4 Å². The van der Waals surface area contributed by atoms with Gasteiger partial charge in [-0.2, -0.15) is 5.10 Å². The third-order valence-electron chi connectivity index (χ3n) is 5.33. The van der Waals surface area contributed by atoms with Crippen molar-refractivity contribution in [1.82, 2.24) is 19.0 Å². The predicted molar refractivity (Wildman–Crippen MR) is 130 cm³/mol. The second-order valence-electron chi connectivity index (χ2n) is 7.50. The van der Waals surface area contributed by atoms with Crippen molar-refractivity contribution in [2.24, 2.45) is 5.10 Å². The lowest BCUT2D eigenvalue weighted by Crippen LogP contribution is -2.16. The van der Waals surface area contributed by atoms with Crippen LogP contribution in [0.3, 0.4) is 0 Å². The fraction of sp³-hybridized carbons (Fsp3) is 0.0400. The Balaban J connectivity index is 1.25. The van der Waals surface area contributed by atoms with Crippen LogP contribution in [0, 0.1) is 5.41 Å². The van der Waals surface area contributed by atoms with Crippen molar-refractivity contribution in [1.29, 1.82) is 5.41 Å². The summed E-state index contributed by atoms with van der Waals surface area (Å²) in [5.74, 6) is 0.794. The number of hydrogen-bond donors (Lipinski definition) is 1. The summed E-state index contributed by atoms with van der Waals surface area (Å²) in [5.41, 5.74) is 4.94. The van der Waals surface area contributed by atoms with Crippen molar-refractivity contribution >= 4 is 43.9 Å². The fourth-order valence-electron chi connectivity index (χ4n) is 3.66. The lowest BCUT2D eigenvalue weighted by Gasteiger charge is -2.06. The first-order valence-corrected chi connectivity index (χ1v) is 11.2. The Bertz CT molecular complexity index is 1680. The minimum atomic E-state index is 0.277. The number of hydrogen-bond acceptors (Lipinski definition) is 6. The van der Waals surface area contributed by atoms with Gasteiger partial charge in [0.25, 0.3) is 0 Å². The molecule has 3 heterocycles. The second-order valence-corrected chi connectivity index (χ2v) is 8.48. The summed E-state index contributed by atoms with van der Waals surface area (Å²) in [6, 6.07) is 25.7. The second kappa shape index (κ2) is 7.99. The van der Waals surface area contributed by atoms with E-state index in [9.17, 15) is 0 Å². The smallest absolute Gasteiger partial charge is 0.197 e. The molecule has 0 saturated carbocycles. The van der Waals surface area contributed by atoms with Crippen LogP contribution in [0.15, 0.2) is 90.3 Å². The molecule has 0 atom stereocenters. The summed E-state index contributed by atoms with van der Waals surface area (Å²) in [7, 11) is 0. The third kappa shape index (κ3) is 3.56. The molecule has 3 aromatic heterocycles. The minimum Gasteiger partial charge on any atom is -0.489 e. The largest absolute Gasteiger partial charge is 0.489 e. The van der Waals surface area contributed by atoms with Gasteiger partial charge < -0.3 is 4.74 Å². The predicted octanol–water partition coefficient (Wildman–Crippen LogP) is 4.84. The number of aromatic nitrogens is 4. The number of imidazole rings is 1. The maximum atomic E-state index is 8.61. The summed E-state index contributed by atoms with van der Waals surface area (Å²) in [4.78, 5) is 10.1. The number of thiazole rings is 1. The molecule has 0 radical (unpaired) electrons. The molecule has 0 saturated heterocycles. The first-order chi connectivity index (χ1) is 16.3. The molecule has 0 aliphatic rings. The molecule has 0 fully saturated rings. The molecule has 7 nitrogen and oxygen atoms in total. The molecule has 0 aliphatic carbocycles. The molecule has 1 N–H and O–H groups in total. The molecule has 8 heteroatoms. The van der Waals surface area contributed by atoms with Crippen molar-refractivity contribution in [3.8, 4) is 5.75 Å². The number of fused-ring (bicyclic) bond motifs is 5. The van der Waals surface area contributed by atoms with Crippen LogP contribution in [0.25, 0.3) is 26.3 Å². The zero-order chi connectivity index (χ0) is 22.2. The van der Waals surface area contributed by atoms with Crippen LogP contribution in [0.4, 0.5) is 0 Å². The molecule has 0 aliphatic heterocycles. The molecular formula is C25H18N6OS. The number of nitrogens with zero attached hydrogens (tertiary/aromatic N) is 5. The summed E-state index contributed by atoms with van der Waals surface area (Å²) in [5, 5.41) is 13.1. The normalized spacial score (nSPS) is 11.8. The molecule has 3 aromatic carbocycles. The van der Waals surface area contributed by atoms with E-state index in [4.69, 9.17) is 10.1 Å². The summed E-state index contributed by atoms with van der Waals surface area (Å²) < 4.78 is 10.0. The van der Waals surface area contributed by atoms with E-state index in [1.165, 1.54) is 16.0 Å². The zero-order valence-electron chi connectivity index (χ0n) is 17.4. The Hall–Kier alpha value is -4.30. The molecule has 0 unspecified atom stereocenters. The Labute approximate surface area is 192 Å². The number of benzene rings is 3. The maximum absolute atomic E-state index is 8.61. The van der Waals surface area contributed by atoms with E-state index in [0.29, 0.717) is 6.61 Å². The Kier molecular flexibility index (Phi) is 4.70.